The van der Waals surface area contributed by atoms with Gasteiger partial charge in [-0.05, 0) is 57.5 Å². The van der Waals surface area contributed by atoms with Gasteiger partial charge in [0.25, 0.3) is 5.91 Å². The molecule has 1 unspecified atom stereocenters. The standard InChI is InChI=1S/C22H28N2O4S/c1-5-24-12-11-17-18(13-24)29-21(19(17)22(26)27-6-2)23-20(25)15-7-9-16(10-8-15)28-14(3)4/h7-10,14H,5-6,11-13H2,1-4H3,(H,23,25)/p+1. The normalized spacial score (nSPS) is 15.7. The van der Waals surface area contributed by atoms with Crippen molar-refractivity contribution in [3.05, 3.63) is 45.8 Å². The zero-order valence-corrected chi connectivity index (χ0v) is 18.3. The van der Waals surface area contributed by atoms with Gasteiger partial charge in [-0.3, -0.25) is 4.79 Å². The molecule has 2 N–H and O–H groups in total. The number of hydrogen-bond donors (Lipinski definition) is 2. The molecule has 0 spiro atoms. The Morgan fingerprint density at radius 1 is 1.21 bits per heavy atom. The van der Waals surface area contributed by atoms with Crippen LogP contribution in [0.5, 0.6) is 5.75 Å². The van der Waals surface area contributed by atoms with Crippen molar-refractivity contribution in [1.29, 1.82) is 0 Å². The lowest BCUT2D eigenvalue weighted by atomic mass is 10.0. The molecular weight excluding hydrogens is 388 g/mol. The maximum Gasteiger partial charge on any atom is 0.341 e. The van der Waals surface area contributed by atoms with Crippen molar-refractivity contribution < 1.29 is 24.0 Å². The zero-order valence-electron chi connectivity index (χ0n) is 17.5. The number of esters is 1. The molecule has 7 heteroatoms. The van der Waals surface area contributed by atoms with Crippen LogP contribution in [0.3, 0.4) is 0 Å². The van der Waals surface area contributed by atoms with Gasteiger partial charge in [0.05, 0.1) is 36.2 Å². The molecule has 1 atom stereocenters. The molecule has 1 aliphatic rings. The highest BCUT2D eigenvalue weighted by Crippen LogP contribution is 2.35. The van der Waals surface area contributed by atoms with Gasteiger partial charge in [0.1, 0.15) is 17.3 Å². The molecule has 0 fully saturated rings. The number of hydrogen-bond acceptors (Lipinski definition) is 5. The number of carbonyl (C=O) groups excluding carboxylic acids is 2. The van der Waals surface area contributed by atoms with E-state index in [2.05, 4.69) is 12.2 Å². The number of carbonyl (C=O) groups is 2. The number of anilines is 1. The van der Waals surface area contributed by atoms with Gasteiger partial charge >= 0.3 is 5.97 Å². The number of amides is 1. The molecule has 0 radical (unpaired) electrons. The van der Waals surface area contributed by atoms with Crippen molar-refractivity contribution in [2.75, 3.05) is 25.0 Å². The fourth-order valence-electron chi connectivity index (χ4n) is 3.48. The van der Waals surface area contributed by atoms with Gasteiger partial charge in [0.2, 0.25) is 0 Å². The average Bonchev–Trinajstić information content (AvgIpc) is 3.05. The maximum atomic E-state index is 12.8. The van der Waals surface area contributed by atoms with Gasteiger partial charge < -0.3 is 19.7 Å². The lowest BCUT2D eigenvalue weighted by molar-refractivity contribution is -0.913. The summed E-state index contributed by atoms with van der Waals surface area (Å²) < 4.78 is 10.9. The third kappa shape index (κ3) is 4.97. The van der Waals surface area contributed by atoms with Gasteiger partial charge in [0, 0.05) is 12.0 Å². The fourth-order valence-corrected chi connectivity index (χ4v) is 4.78. The van der Waals surface area contributed by atoms with Crippen molar-refractivity contribution >= 4 is 28.2 Å². The molecule has 0 aliphatic carbocycles. The van der Waals surface area contributed by atoms with Crippen molar-refractivity contribution in [3.8, 4) is 5.75 Å². The van der Waals surface area contributed by atoms with Gasteiger partial charge in [-0.25, -0.2) is 4.79 Å². The Morgan fingerprint density at radius 2 is 1.93 bits per heavy atom. The van der Waals surface area contributed by atoms with Crippen LogP contribution in [0.25, 0.3) is 0 Å². The molecule has 0 saturated heterocycles. The molecule has 2 aromatic rings. The number of likely N-dealkylation sites (N-methyl/N-ethyl adjacent to an activating group) is 1. The monoisotopic (exact) mass is 417 g/mol. The van der Waals surface area contributed by atoms with Crippen LogP contribution in [0, 0.1) is 0 Å². The molecule has 0 bridgehead atoms. The molecule has 6 nitrogen and oxygen atoms in total. The van der Waals surface area contributed by atoms with Crippen LogP contribution in [0.4, 0.5) is 5.00 Å². The summed E-state index contributed by atoms with van der Waals surface area (Å²) in [6.07, 6.45) is 0.893. The molecule has 1 aliphatic heterocycles. The molecule has 1 aromatic carbocycles. The fraction of sp³-hybridized carbons (Fsp3) is 0.455. The first-order valence-corrected chi connectivity index (χ1v) is 11.0. The number of fused-ring (bicyclic) bond motifs is 1. The van der Waals surface area contributed by atoms with Gasteiger partial charge in [-0.2, -0.15) is 0 Å². The summed E-state index contributed by atoms with van der Waals surface area (Å²) in [5, 5.41) is 3.53. The topological polar surface area (TPSA) is 69.1 Å². The first kappa shape index (κ1) is 21.3. The van der Waals surface area contributed by atoms with Gasteiger partial charge in [0.15, 0.2) is 0 Å². The Balaban J connectivity index is 1.84. The quantitative estimate of drug-likeness (QED) is 0.680. The SMILES string of the molecule is CCOC(=O)c1c(NC(=O)c2ccc(OC(C)C)cc2)sc2c1CC[NH+](CC)C2. The number of rotatable bonds is 7. The third-order valence-electron chi connectivity index (χ3n) is 4.92. The lowest BCUT2D eigenvalue weighted by Crippen LogP contribution is -3.11. The average molecular weight is 418 g/mol. The Labute approximate surface area is 175 Å². The molecule has 1 amide bonds. The number of ether oxygens (including phenoxy) is 2. The predicted octanol–water partition coefficient (Wildman–Crippen LogP) is 2.93. The zero-order chi connectivity index (χ0) is 21.0. The smallest absolute Gasteiger partial charge is 0.341 e. The molecule has 1 aromatic heterocycles. The van der Waals surface area contributed by atoms with Crippen LogP contribution in [0.2, 0.25) is 0 Å². The number of nitrogens with one attached hydrogen (secondary N) is 2. The van der Waals surface area contributed by atoms with Crippen molar-refractivity contribution in [3.63, 3.8) is 0 Å². The summed E-state index contributed by atoms with van der Waals surface area (Å²) in [6.45, 7) is 11.1. The Kier molecular flexibility index (Phi) is 6.92. The van der Waals surface area contributed by atoms with E-state index in [0.717, 1.165) is 42.2 Å². The number of thiophene rings is 1. The molecule has 156 valence electrons. The highest BCUT2D eigenvalue weighted by molar-refractivity contribution is 7.17. The van der Waals surface area contributed by atoms with Gasteiger partial charge in [-0.1, -0.05) is 0 Å². The van der Waals surface area contributed by atoms with Gasteiger partial charge in [-0.15, -0.1) is 11.3 Å². The van der Waals surface area contributed by atoms with E-state index in [0.29, 0.717) is 22.7 Å². The van der Waals surface area contributed by atoms with E-state index in [1.165, 1.54) is 16.2 Å². The minimum atomic E-state index is -0.360. The summed E-state index contributed by atoms with van der Waals surface area (Å²) in [6, 6.07) is 7.02. The second-order valence-corrected chi connectivity index (χ2v) is 8.46. The molecule has 29 heavy (non-hydrogen) atoms. The van der Waals surface area contributed by atoms with E-state index < -0.39 is 0 Å². The third-order valence-corrected chi connectivity index (χ3v) is 6.07. The summed E-state index contributed by atoms with van der Waals surface area (Å²) in [7, 11) is 0. The highest BCUT2D eigenvalue weighted by Gasteiger charge is 2.31. The Hall–Kier alpha value is -2.38. The van der Waals surface area contributed by atoms with Crippen molar-refractivity contribution in [2.45, 2.75) is 46.8 Å². The van der Waals surface area contributed by atoms with Crippen LogP contribution in [0.1, 0.15) is 58.9 Å². The minimum absolute atomic E-state index is 0.0732. The highest BCUT2D eigenvalue weighted by atomic mass is 32.1. The van der Waals surface area contributed by atoms with Crippen LogP contribution >= 0.6 is 11.3 Å². The summed E-state index contributed by atoms with van der Waals surface area (Å²) >= 11 is 1.49. The Bertz CT molecular complexity index is 874. The lowest BCUT2D eigenvalue weighted by Gasteiger charge is -2.22. The van der Waals surface area contributed by atoms with Crippen LogP contribution in [-0.2, 0) is 17.7 Å². The van der Waals surface area contributed by atoms with E-state index in [1.54, 1.807) is 31.2 Å². The van der Waals surface area contributed by atoms with Crippen molar-refractivity contribution in [1.82, 2.24) is 0 Å². The van der Waals surface area contributed by atoms with E-state index in [1.807, 2.05) is 13.8 Å². The molecule has 0 saturated carbocycles. The van der Waals surface area contributed by atoms with E-state index >= 15 is 0 Å². The second kappa shape index (κ2) is 9.41. The summed E-state index contributed by atoms with van der Waals surface area (Å²) in [5.41, 5.74) is 2.07. The molecule has 3 rings (SSSR count). The van der Waals surface area contributed by atoms with Crippen LogP contribution in [0.15, 0.2) is 24.3 Å². The second-order valence-electron chi connectivity index (χ2n) is 7.35. The molecule has 2 heterocycles. The first-order chi connectivity index (χ1) is 13.9. The first-order valence-electron chi connectivity index (χ1n) is 10.2. The minimum Gasteiger partial charge on any atom is -0.491 e. The number of quaternary nitrogens is 1. The van der Waals surface area contributed by atoms with E-state index in [4.69, 9.17) is 9.47 Å². The van der Waals surface area contributed by atoms with E-state index in [9.17, 15) is 9.59 Å². The maximum absolute atomic E-state index is 12.8. The summed E-state index contributed by atoms with van der Waals surface area (Å²) in [5.74, 6) is 0.115. The number of benzene rings is 1. The van der Waals surface area contributed by atoms with Crippen molar-refractivity contribution in [2.24, 2.45) is 0 Å². The molecular formula is C22H29N2O4S+. The van der Waals surface area contributed by atoms with E-state index in [-0.39, 0.29) is 18.0 Å². The van der Waals surface area contributed by atoms with Crippen LogP contribution < -0.4 is 15.0 Å². The van der Waals surface area contributed by atoms with Crippen LogP contribution in [-0.4, -0.2) is 37.7 Å². The predicted molar refractivity (Wildman–Crippen MR) is 114 cm³/mol. The Morgan fingerprint density at radius 3 is 2.55 bits per heavy atom. The largest absolute Gasteiger partial charge is 0.491 e. The summed E-state index contributed by atoms with van der Waals surface area (Å²) in [4.78, 5) is 28.1.